The standard InChI is InChI=1S/C29H35N5O4/c1-4-23-22(12-13-24(30-23)38-21-16-19(3)17-21)26-31-27-25(34(26)18-20-10-7-6-8-11-20)28(36)33(14-9-15-35)29(37)32(27)5-2/h6-7,10,19,21,35H,4-5,9,12-18H2,1-3H3. The number of nitrogens with zero attached hydrogens (tertiary/aromatic N) is 5. The number of aryl methyl sites for hydroxylation is 1. The predicted octanol–water partition coefficient (Wildman–Crippen LogP) is 3.70. The lowest BCUT2D eigenvalue weighted by Gasteiger charge is -2.34. The maximum Gasteiger partial charge on any atom is 0.332 e. The lowest BCUT2D eigenvalue weighted by molar-refractivity contribution is 0.0601. The van der Waals surface area contributed by atoms with Crippen LogP contribution in [0, 0.1) is 5.92 Å². The lowest BCUT2D eigenvalue weighted by Crippen LogP contribution is -2.40. The number of imidazole rings is 1. The van der Waals surface area contributed by atoms with Crippen LogP contribution >= 0.6 is 0 Å². The maximum atomic E-state index is 13.7. The van der Waals surface area contributed by atoms with Crippen molar-refractivity contribution in [1.29, 1.82) is 0 Å². The zero-order valence-corrected chi connectivity index (χ0v) is 22.4. The normalized spacial score (nSPS) is 20.6. The molecular formula is C29H35N5O4. The summed E-state index contributed by atoms with van der Waals surface area (Å²) in [6.07, 6.45) is 10.3. The van der Waals surface area contributed by atoms with Crippen molar-refractivity contribution in [1.82, 2.24) is 18.7 Å². The van der Waals surface area contributed by atoms with Gasteiger partial charge in [-0.2, -0.15) is 0 Å². The van der Waals surface area contributed by atoms with Gasteiger partial charge in [-0.15, -0.1) is 0 Å². The minimum atomic E-state index is -0.411. The fourth-order valence-corrected chi connectivity index (χ4v) is 5.42. The largest absolute Gasteiger partial charge is 0.477 e. The molecule has 1 fully saturated rings. The Kier molecular flexibility index (Phi) is 7.52. The van der Waals surface area contributed by atoms with Crippen LogP contribution in [0.3, 0.4) is 0 Å². The molecule has 1 aliphatic heterocycles. The Labute approximate surface area is 221 Å². The van der Waals surface area contributed by atoms with Crippen LogP contribution in [-0.4, -0.2) is 42.4 Å². The van der Waals surface area contributed by atoms with Crippen molar-refractivity contribution >= 4 is 22.6 Å². The highest BCUT2D eigenvalue weighted by Crippen LogP contribution is 2.35. The number of hydrogen-bond acceptors (Lipinski definition) is 6. The van der Waals surface area contributed by atoms with Gasteiger partial charge in [0.1, 0.15) is 11.9 Å². The summed E-state index contributed by atoms with van der Waals surface area (Å²) in [5.74, 6) is 2.12. The van der Waals surface area contributed by atoms with Crippen molar-refractivity contribution in [2.24, 2.45) is 10.9 Å². The van der Waals surface area contributed by atoms with Gasteiger partial charge in [-0.25, -0.2) is 14.8 Å². The molecule has 1 saturated carbocycles. The smallest absolute Gasteiger partial charge is 0.332 e. The highest BCUT2D eigenvalue weighted by atomic mass is 16.5. The van der Waals surface area contributed by atoms with E-state index in [1.54, 1.807) is 10.6 Å². The third kappa shape index (κ3) is 4.81. The van der Waals surface area contributed by atoms with Crippen LogP contribution in [0.1, 0.15) is 65.1 Å². The third-order valence-electron chi connectivity index (χ3n) is 7.44. The number of fused-ring (bicyclic) bond motifs is 1. The Morgan fingerprint density at radius 3 is 2.63 bits per heavy atom. The molecule has 2 aromatic rings. The molecule has 2 aliphatic carbocycles. The Bertz CT molecular complexity index is 1560. The van der Waals surface area contributed by atoms with Crippen LogP contribution in [0.2, 0.25) is 0 Å². The SMILES string of the molecule is CCC1=C(c2nc3c(c(=O)n(CCCO)c(=O)n3CC)n2CC2=C=C=CC=C2)CCC(OC2CC(C)C2)=N1. The molecule has 1 N–H and O–H groups in total. The molecule has 0 bridgehead atoms. The van der Waals surface area contributed by atoms with Gasteiger partial charge in [0.2, 0.25) is 0 Å². The molecule has 0 aromatic carbocycles. The number of aliphatic imine (C=N–C) groups is 1. The molecule has 0 spiro atoms. The van der Waals surface area contributed by atoms with Crippen molar-refractivity contribution in [3.63, 3.8) is 0 Å². The average molecular weight is 518 g/mol. The fraction of sp³-hybridized carbons (Fsp3) is 0.517. The zero-order valence-electron chi connectivity index (χ0n) is 22.4. The molecule has 5 rings (SSSR count). The Balaban J connectivity index is 1.70. The van der Waals surface area contributed by atoms with E-state index in [9.17, 15) is 14.7 Å². The number of hydrogen-bond donors (Lipinski definition) is 1. The van der Waals surface area contributed by atoms with E-state index < -0.39 is 11.2 Å². The first kappa shape index (κ1) is 26.0. The molecule has 200 valence electrons. The van der Waals surface area contributed by atoms with Crippen LogP contribution in [-0.2, 0) is 24.4 Å². The van der Waals surface area contributed by atoms with Gasteiger partial charge in [0.15, 0.2) is 17.1 Å². The van der Waals surface area contributed by atoms with Crippen molar-refractivity contribution in [2.45, 2.75) is 85.0 Å². The Morgan fingerprint density at radius 1 is 1.16 bits per heavy atom. The number of aromatic nitrogens is 4. The molecule has 9 nitrogen and oxygen atoms in total. The van der Waals surface area contributed by atoms with E-state index in [-0.39, 0.29) is 19.3 Å². The summed E-state index contributed by atoms with van der Waals surface area (Å²) >= 11 is 0. The van der Waals surface area contributed by atoms with Gasteiger partial charge < -0.3 is 14.4 Å². The van der Waals surface area contributed by atoms with Crippen LogP contribution in [0.15, 0.2) is 55.5 Å². The molecule has 9 heteroatoms. The third-order valence-corrected chi connectivity index (χ3v) is 7.44. The first-order chi connectivity index (χ1) is 18.4. The van der Waals surface area contributed by atoms with Crippen molar-refractivity contribution in [3.05, 3.63) is 67.6 Å². The molecule has 0 radical (unpaired) electrons. The van der Waals surface area contributed by atoms with Gasteiger partial charge in [-0.3, -0.25) is 13.9 Å². The van der Waals surface area contributed by atoms with Gasteiger partial charge in [0.05, 0.1) is 12.2 Å². The molecule has 0 atom stereocenters. The number of allylic oxidation sites excluding steroid dienone is 6. The van der Waals surface area contributed by atoms with Gasteiger partial charge in [-0.1, -0.05) is 31.4 Å². The molecule has 3 aliphatic rings. The van der Waals surface area contributed by atoms with E-state index in [1.165, 1.54) is 4.57 Å². The fourth-order valence-electron chi connectivity index (χ4n) is 5.42. The summed E-state index contributed by atoms with van der Waals surface area (Å²) in [7, 11) is 0. The molecule has 38 heavy (non-hydrogen) atoms. The number of aliphatic hydroxyl groups is 1. The van der Waals surface area contributed by atoms with E-state index in [2.05, 4.69) is 25.3 Å². The van der Waals surface area contributed by atoms with Crippen molar-refractivity contribution < 1.29 is 9.84 Å². The summed E-state index contributed by atoms with van der Waals surface area (Å²) in [5.41, 5.74) is 8.76. The van der Waals surface area contributed by atoms with E-state index in [0.29, 0.717) is 61.7 Å². The topological polar surface area (TPSA) is 104 Å². The summed E-state index contributed by atoms with van der Waals surface area (Å²) < 4.78 is 10.8. The molecular weight excluding hydrogens is 482 g/mol. The van der Waals surface area contributed by atoms with E-state index in [1.807, 2.05) is 23.6 Å². The number of rotatable bonds is 9. The van der Waals surface area contributed by atoms with Crippen molar-refractivity contribution in [3.8, 4) is 0 Å². The lowest BCUT2D eigenvalue weighted by atomic mass is 9.84. The molecule has 3 heterocycles. The number of aliphatic hydroxyl groups excluding tert-OH is 1. The molecule has 0 saturated heterocycles. The minimum absolute atomic E-state index is 0.107. The first-order valence-corrected chi connectivity index (χ1v) is 13.6. The van der Waals surface area contributed by atoms with Gasteiger partial charge in [0, 0.05) is 37.3 Å². The maximum absolute atomic E-state index is 13.7. The van der Waals surface area contributed by atoms with Gasteiger partial charge in [-0.05, 0) is 57.1 Å². The summed E-state index contributed by atoms with van der Waals surface area (Å²) in [6, 6.07) is 0. The minimum Gasteiger partial charge on any atom is -0.477 e. The Morgan fingerprint density at radius 2 is 1.97 bits per heavy atom. The second-order valence-electron chi connectivity index (χ2n) is 10.2. The second-order valence-corrected chi connectivity index (χ2v) is 10.2. The molecule has 0 unspecified atom stereocenters. The highest BCUT2D eigenvalue weighted by Gasteiger charge is 2.30. The first-order valence-electron chi connectivity index (χ1n) is 13.6. The quantitative estimate of drug-likeness (QED) is 0.511. The summed E-state index contributed by atoms with van der Waals surface area (Å²) in [4.78, 5) is 36.8. The van der Waals surface area contributed by atoms with E-state index in [0.717, 1.165) is 35.6 Å². The van der Waals surface area contributed by atoms with E-state index in [4.69, 9.17) is 14.7 Å². The monoisotopic (exact) mass is 517 g/mol. The van der Waals surface area contributed by atoms with Crippen molar-refractivity contribution in [2.75, 3.05) is 6.61 Å². The second kappa shape index (κ2) is 11.0. The van der Waals surface area contributed by atoms with Gasteiger partial charge in [0.25, 0.3) is 5.56 Å². The Hall–Kier alpha value is -3.64. The average Bonchev–Trinajstić information content (AvgIpc) is 3.27. The molecule has 2 aromatic heterocycles. The van der Waals surface area contributed by atoms with Crippen LogP contribution in [0.5, 0.6) is 0 Å². The predicted molar refractivity (Wildman–Crippen MR) is 147 cm³/mol. The molecule has 0 amide bonds. The highest BCUT2D eigenvalue weighted by molar-refractivity contribution is 5.86. The summed E-state index contributed by atoms with van der Waals surface area (Å²) in [5, 5.41) is 9.36. The van der Waals surface area contributed by atoms with Crippen LogP contribution < -0.4 is 11.2 Å². The van der Waals surface area contributed by atoms with Crippen LogP contribution in [0.4, 0.5) is 0 Å². The zero-order chi connectivity index (χ0) is 26.8. The van der Waals surface area contributed by atoms with Crippen LogP contribution in [0.25, 0.3) is 16.7 Å². The van der Waals surface area contributed by atoms with Gasteiger partial charge >= 0.3 is 5.69 Å². The number of ether oxygens (including phenoxy) is 1. The summed E-state index contributed by atoms with van der Waals surface area (Å²) in [6.45, 7) is 6.92. The van der Waals surface area contributed by atoms with E-state index >= 15 is 0 Å².